The molecule has 1 unspecified atom stereocenters. The summed E-state index contributed by atoms with van der Waals surface area (Å²) in [6.07, 6.45) is 4.48. The van der Waals surface area contributed by atoms with Crippen LogP contribution in [0, 0.1) is 11.3 Å². The van der Waals surface area contributed by atoms with Crippen LogP contribution in [0.4, 0.5) is 5.69 Å². The minimum atomic E-state index is -0.751. The first-order valence-electron chi connectivity index (χ1n) is 9.71. The van der Waals surface area contributed by atoms with Gasteiger partial charge < -0.3 is 14.6 Å². The molecule has 1 N–H and O–H groups in total. The quantitative estimate of drug-likeness (QED) is 0.728. The van der Waals surface area contributed by atoms with Crippen LogP contribution in [0.2, 0.25) is 0 Å². The Kier molecular flexibility index (Phi) is 4.79. The lowest BCUT2D eigenvalue weighted by atomic mass is 10.0. The third-order valence-electron chi connectivity index (χ3n) is 5.65. The fraction of sp³-hybridized carbons (Fsp3) is 0.304. The van der Waals surface area contributed by atoms with Crippen molar-refractivity contribution < 1.29 is 9.90 Å². The van der Waals surface area contributed by atoms with Crippen molar-refractivity contribution in [2.45, 2.75) is 38.8 Å². The zero-order chi connectivity index (χ0) is 19.7. The van der Waals surface area contributed by atoms with E-state index in [1.807, 2.05) is 41.3 Å². The Balaban J connectivity index is 1.75. The highest BCUT2D eigenvalue weighted by Gasteiger charge is 2.31. The molecule has 4 rings (SSSR count). The number of nitrogens with zero attached hydrogens (tertiary/aromatic N) is 3. The molecule has 1 aliphatic rings. The summed E-state index contributed by atoms with van der Waals surface area (Å²) in [6.45, 7) is 3.70. The van der Waals surface area contributed by atoms with Crippen molar-refractivity contribution in [3.8, 4) is 6.07 Å². The number of carboxylic acid groups (broad SMARTS) is 1. The van der Waals surface area contributed by atoms with Gasteiger partial charge in [0.2, 0.25) is 0 Å². The number of aryl methyl sites for hydroxylation is 1. The normalized spacial score (nSPS) is 16.4. The second kappa shape index (κ2) is 7.40. The van der Waals surface area contributed by atoms with E-state index in [-0.39, 0.29) is 0 Å². The summed E-state index contributed by atoms with van der Waals surface area (Å²) >= 11 is 0. The number of para-hydroxylation sites is 1. The number of nitriles is 1. The van der Waals surface area contributed by atoms with E-state index in [9.17, 15) is 15.2 Å². The first-order valence-corrected chi connectivity index (χ1v) is 9.71. The molecule has 3 aromatic rings. The molecule has 0 radical (unpaired) electrons. The molecule has 28 heavy (non-hydrogen) atoms. The van der Waals surface area contributed by atoms with E-state index in [1.54, 1.807) is 0 Å². The Bertz CT molecular complexity index is 1080. The molecule has 1 fully saturated rings. The average molecular weight is 373 g/mol. The van der Waals surface area contributed by atoms with Crippen LogP contribution in [0.3, 0.4) is 0 Å². The highest BCUT2D eigenvalue weighted by molar-refractivity contribution is 5.86. The van der Waals surface area contributed by atoms with Crippen molar-refractivity contribution in [2.24, 2.45) is 0 Å². The first-order chi connectivity index (χ1) is 13.6. The van der Waals surface area contributed by atoms with E-state index in [2.05, 4.69) is 29.8 Å². The maximum Gasteiger partial charge on any atom is 0.326 e. The predicted octanol–water partition coefficient (Wildman–Crippen LogP) is 4.18. The van der Waals surface area contributed by atoms with Crippen LogP contribution in [0.5, 0.6) is 0 Å². The van der Waals surface area contributed by atoms with E-state index < -0.39 is 12.0 Å². The van der Waals surface area contributed by atoms with E-state index >= 15 is 0 Å². The summed E-state index contributed by atoms with van der Waals surface area (Å²) in [5, 5.41) is 19.9. The minimum absolute atomic E-state index is 0.448. The zero-order valence-corrected chi connectivity index (χ0v) is 15.9. The molecule has 0 saturated carbocycles. The number of benzene rings is 2. The Labute approximate surface area is 164 Å². The average Bonchev–Trinajstić information content (AvgIpc) is 3.33. The van der Waals surface area contributed by atoms with Gasteiger partial charge in [0.1, 0.15) is 6.04 Å². The Morgan fingerprint density at radius 3 is 2.82 bits per heavy atom. The van der Waals surface area contributed by atoms with Gasteiger partial charge in [0, 0.05) is 42.3 Å². The highest BCUT2D eigenvalue weighted by Crippen LogP contribution is 2.32. The number of hydrogen-bond acceptors (Lipinski definition) is 3. The number of aliphatic carboxylic acids is 1. The van der Waals surface area contributed by atoms with Gasteiger partial charge in [-0.2, -0.15) is 5.26 Å². The molecule has 0 amide bonds. The monoisotopic (exact) mass is 373 g/mol. The van der Waals surface area contributed by atoms with Gasteiger partial charge in [-0.3, -0.25) is 0 Å². The lowest BCUT2D eigenvalue weighted by molar-refractivity contribution is -0.138. The molecule has 1 atom stereocenters. The lowest BCUT2D eigenvalue weighted by Crippen LogP contribution is -2.36. The summed E-state index contributed by atoms with van der Waals surface area (Å²) in [7, 11) is 0. The van der Waals surface area contributed by atoms with E-state index in [4.69, 9.17) is 0 Å². The maximum atomic E-state index is 11.7. The van der Waals surface area contributed by atoms with Crippen LogP contribution >= 0.6 is 0 Å². The van der Waals surface area contributed by atoms with Crippen molar-refractivity contribution in [3.05, 3.63) is 65.4 Å². The molecule has 5 nitrogen and oxygen atoms in total. The van der Waals surface area contributed by atoms with Crippen molar-refractivity contribution in [1.29, 1.82) is 5.26 Å². The third kappa shape index (κ3) is 3.11. The smallest absolute Gasteiger partial charge is 0.326 e. The molecular weight excluding hydrogens is 350 g/mol. The second-order valence-corrected chi connectivity index (χ2v) is 7.28. The number of carboxylic acids is 1. The number of fused-ring (bicyclic) bond motifs is 1. The van der Waals surface area contributed by atoms with Crippen LogP contribution in [0.25, 0.3) is 10.9 Å². The molecule has 0 aliphatic carbocycles. The van der Waals surface area contributed by atoms with E-state index in [1.165, 1.54) is 5.56 Å². The van der Waals surface area contributed by atoms with Crippen molar-refractivity contribution in [2.75, 3.05) is 11.4 Å². The van der Waals surface area contributed by atoms with Crippen molar-refractivity contribution >= 4 is 22.6 Å². The van der Waals surface area contributed by atoms with Crippen LogP contribution in [-0.2, 0) is 17.8 Å². The topological polar surface area (TPSA) is 69.3 Å². The Morgan fingerprint density at radius 1 is 1.25 bits per heavy atom. The molecule has 0 bridgehead atoms. The van der Waals surface area contributed by atoms with Gasteiger partial charge in [0.25, 0.3) is 0 Å². The van der Waals surface area contributed by atoms with Crippen molar-refractivity contribution in [1.82, 2.24) is 4.57 Å². The van der Waals surface area contributed by atoms with E-state index in [0.717, 1.165) is 48.1 Å². The summed E-state index contributed by atoms with van der Waals surface area (Å²) < 4.78 is 2.17. The molecule has 2 heterocycles. The molecule has 5 heteroatoms. The minimum Gasteiger partial charge on any atom is -0.480 e. The fourth-order valence-electron chi connectivity index (χ4n) is 4.30. The number of aromatic nitrogens is 1. The number of hydrogen-bond donors (Lipinski definition) is 1. The molecule has 2 aromatic carbocycles. The van der Waals surface area contributed by atoms with E-state index in [0.29, 0.717) is 12.0 Å². The molecule has 1 aromatic heterocycles. The number of rotatable bonds is 5. The Morgan fingerprint density at radius 2 is 2.07 bits per heavy atom. The molecular formula is C23H23N3O2. The van der Waals surface area contributed by atoms with Crippen LogP contribution < -0.4 is 4.90 Å². The molecule has 1 aliphatic heterocycles. The summed E-state index contributed by atoms with van der Waals surface area (Å²) in [6, 6.07) is 15.7. The van der Waals surface area contributed by atoms with Gasteiger partial charge in [-0.1, -0.05) is 24.3 Å². The largest absolute Gasteiger partial charge is 0.480 e. The van der Waals surface area contributed by atoms with Crippen LogP contribution in [-0.4, -0.2) is 28.2 Å². The summed E-state index contributed by atoms with van der Waals surface area (Å²) in [5.41, 5.74) is 5.07. The SMILES string of the molecule is CCn1cc(Cc2ccccc2N2CCCC2C(=O)O)c2ccc(C#N)cc21. The van der Waals surface area contributed by atoms with Crippen LogP contribution in [0.15, 0.2) is 48.7 Å². The van der Waals surface area contributed by atoms with Gasteiger partial charge in [-0.25, -0.2) is 4.79 Å². The van der Waals surface area contributed by atoms with Gasteiger partial charge >= 0.3 is 5.97 Å². The molecule has 1 saturated heterocycles. The van der Waals surface area contributed by atoms with Gasteiger partial charge in [0.15, 0.2) is 0 Å². The number of anilines is 1. The van der Waals surface area contributed by atoms with Crippen molar-refractivity contribution in [3.63, 3.8) is 0 Å². The van der Waals surface area contributed by atoms with Gasteiger partial charge in [0.05, 0.1) is 11.6 Å². The fourth-order valence-corrected chi connectivity index (χ4v) is 4.30. The lowest BCUT2D eigenvalue weighted by Gasteiger charge is -2.26. The first kappa shape index (κ1) is 18.1. The molecule has 142 valence electrons. The zero-order valence-electron chi connectivity index (χ0n) is 15.9. The standard InChI is InChI=1S/C23H23N3O2/c1-2-25-15-18(19-10-9-16(14-24)12-22(19)25)13-17-6-3-4-7-20(17)26-11-5-8-21(26)23(27)28/h3-4,6-7,9-10,12,15,21H,2,5,8,11,13H2,1H3,(H,27,28). The second-order valence-electron chi connectivity index (χ2n) is 7.28. The van der Waals surface area contributed by atoms with Crippen LogP contribution in [0.1, 0.15) is 36.5 Å². The van der Waals surface area contributed by atoms with Gasteiger partial charge in [-0.15, -0.1) is 0 Å². The number of carbonyl (C=O) groups is 1. The Hall–Kier alpha value is -3.26. The predicted molar refractivity (Wildman–Crippen MR) is 110 cm³/mol. The summed E-state index contributed by atoms with van der Waals surface area (Å²) in [4.78, 5) is 13.7. The van der Waals surface area contributed by atoms with Gasteiger partial charge in [-0.05, 0) is 49.1 Å². The third-order valence-corrected chi connectivity index (χ3v) is 5.65. The highest BCUT2D eigenvalue weighted by atomic mass is 16.4. The molecule has 0 spiro atoms. The summed E-state index contributed by atoms with van der Waals surface area (Å²) in [5.74, 6) is -0.751. The maximum absolute atomic E-state index is 11.7.